The van der Waals surface area contributed by atoms with Crippen LogP contribution in [0.25, 0.3) is 0 Å². The molecule has 112 valence electrons. The van der Waals surface area contributed by atoms with Gasteiger partial charge in [0.1, 0.15) is 5.75 Å². The summed E-state index contributed by atoms with van der Waals surface area (Å²) in [6, 6.07) is 8.91. The van der Waals surface area contributed by atoms with Crippen molar-refractivity contribution in [3.8, 4) is 5.75 Å². The Morgan fingerprint density at radius 3 is 2.75 bits per heavy atom. The lowest BCUT2D eigenvalue weighted by Crippen LogP contribution is -2.44. The molecule has 1 unspecified atom stereocenters. The predicted octanol–water partition coefficient (Wildman–Crippen LogP) is 3.30. The van der Waals surface area contributed by atoms with Gasteiger partial charge in [-0.2, -0.15) is 0 Å². The van der Waals surface area contributed by atoms with Gasteiger partial charge in [0, 0.05) is 31.4 Å². The fourth-order valence-electron chi connectivity index (χ4n) is 3.25. The Bertz CT molecular complexity index is 402. The topological polar surface area (TPSA) is 24.5 Å². The molecule has 1 aromatic rings. The molecule has 0 spiro atoms. The van der Waals surface area contributed by atoms with Gasteiger partial charge < -0.3 is 15.0 Å². The van der Waals surface area contributed by atoms with Crippen LogP contribution in [0.1, 0.15) is 32.6 Å². The van der Waals surface area contributed by atoms with Gasteiger partial charge in [-0.1, -0.05) is 25.8 Å². The standard InChI is InChI=1S/C17H28N2O/c1-4-18-17(14-8-5-6-9-14)13-19(2)15-10-7-11-16(12-15)20-3/h7,10-12,14,17-18H,4-6,8-9,13H2,1-3H3. The van der Waals surface area contributed by atoms with Crippen LogP contribution in [0.5, 0.6) is 5.75 Å². The third-order valence-electron chi connectivity index (χ3n) is 4.40. The molecule has 1 atom stereocenters. The molecule has 0 saturated heterocycles. The number of nitrogens with zero attached hydrogens (tertiary/aromatic N) is 1. The zero-order valence-corrected chi connectivity index (χ0v) is 13.1. The molecule has 20 heavy (non-hydrogen) atoms. The second-order valence-corrected chi connectivity index (χ2v) is 5.79. The number of rotatable bonds is 7. The second kappa shape index (κ2) is 7.53. The first-order valence-corrected chi connectivity index (χ1v) is 7.83. The zero-order chi connectivity index (χ0) is 14.4. The molecule has 3 nitrogen and oxygen atoms in total. The summed E-state index contributed by atoms with van der Waals surface area (Å²) in [6.45, 7) is 4.31. The maximum atomic E-state index is 5.31. The first-order chi connectivity index (χ1) is 9.74. The third-order valence-corrected chi connectivity index (χ3v) is 4.40. The molecule has 0 aliphatic heterocycles. The van der Waals surface area contributed by atoms with Gasteiger partial charge in [0.15, 0.2) is 0 Å². The van der Waals surface area contributed by atoms with Crippen LogP contribution in [0.4, 0.5) is 5.69 Å². The van der Waals surface area contributed by atoms with Crippen molar-refractivity contribution in [2.45, 2.75) is 38.6 Å². The van der Waals surface area contributed by atoms with Crippen LogP contribution in [0.2, 0.25) is 0 Å². The van der Waals surface area contributed by atoms with Crippen molar-refractivity contribution in [3.63, 3.8) is 0 Å². The largest absolute Gasteiger partial charge is 0.497 e. The lowest BCUT2D eigenvalue weighted by molar-refractivity contribution is 0.367. The van der Waals surface area contributed by atoms with Crippen LogP contribution in [0, 0.1) is 5.92 Å². The van der Waals surface area contributed by atoms with E-state index in [-0.39, 0.29) is 0 Å². The third kappa shape index (κ3) is 3.89. The summed E-state index contributed by atoms with van der Waals surface area (Å²) in [5.74, 6) is 1.76. The van der Waals surface area contributed by atoms with Crippen LogP contribution in [-0.2, 0) is 0 Å². The molecule has 2 rings (SSSR count). The molecular weight excluding hydrogens is 248 g/mol. The number of benzene rings is 1. The number of likely N-dealkylation sites (N-methyl/N-ethyl adjacent to an activating group) is 2. The molecule has 0 amide bonds. The summed E-state index contributed by atoms with van der Waals surface area (Å²) < 4.78 is 5.31. The Morgan fingerprint density at radius 1 is 1.35 bits per heavy atom. The normalized spacial score (nSPS) is 17.1. The molecule has 1 aliphatic rings. The van der Waals surface area contributed by atoms with Gasteiger partial charge in [0.05, 0.1) is 7.11 Å². The number of nitrogens with one attached hydrogen (secondary N) is 1. The smallest absolute Gasteiger partial charge is 0.120 e. The van der Waals surface area contributed by atoms with E-state index in [1.165, 1.54) is 31.4 Å². The van der Waals surface area contributed by atoms with Crippen LogP contribution in [-0.4, -0.2) is 33.3 Å². The molecule has 1 aliphatic carbocycles. The van der Waals surface area contributed by atoms with Gasteiger partial charge in [-0.3, -0.25) is 0 Å². The molecule has 0 aromatic heterocycles. The first-order valence-electron chi connectivity index (χ1n) is 7.83. The van der Waals surface area contributed by atoms with Crippen LogP contribution >= 0.6 is 0 Å². The Balaban J connectivity index is 2.00. The Kier molecular flexibility index (Phi) is 5.72. The van der Waals surface area contributed by atoms with Crippen molar-refractivity contribution in [2.75, 3.05) is 32.1 Å². The highest BCUT2D eigenvalue weighted by atomic mass is 16.5. The van der Waals surface area contributed by atoms with E-state index in [0.717, 1.165) is 24.8 Å². The number of ether oxygens (including phenoxy) is 1. The molecule has 1 fully saturated rings. The summed E-state index contributed by atoms with van der Waals surface area (Å²) in [5.41, 5.74) is 1.23. The average Bonchev–Trinajstić information content (AvgIpc) is 3.01. The van der Waals surface area contributed by atoms with E-state index in [1.54, 1.807) is 7.11 Å². The molecule has 1 N–H and O–H groups in total. The highest BCUT2D eigenvalue weighted by Gasteiger charge is 2.25. The van der Waals surface area contributed by atoms with Gasteiger partial charge in [-0.25, -0.2) is 0 Å². The number of hydrogen-bond acceptors (Lipinski definition) is 3. The Labute approximate surface area is 123 Å². The summed E-state index contributed by atoms with van der Waals surface area (Å²) in [5, 5.41) is 3.68. The minimum Gasteiger partial charge on any atom is -0.497 e. The highest BCUT2D eigenvalue weighted by molar-refractivity contribution is 5.50. The lowest BCUT2D eigenvalue weighted by atomic mass is 9.97. The van der Waals surface area contributed by atoms with Gasteiger partial charge in [-0.05, 0) is 37.4 Å². The van der Waals surface area contributed by atoms with Gasteiger partial charge in [-0.15, -0.1) is 0 Å². The van der Waals surface area contributed by atoms with Crippen molar-refractivity contribution in [2.24, 2.45) is 5.92 Å². The monoisotopic (exact) mass is 276 g/mol. The second-order valence-electron chi connectivity index (χ2n) is 5.79. The van der Waals surface area contributed by atoms with Crippen molar-refractivity contribution in [1.29, 1.82) is 0 Å². The summed E-state index contributed by atoms with van der Waals surface area (Å²) >= 11 is 0. The molecule has 0 bridgehead atoms. The SMILES string of the molecule is CCNC(CN(C)c1cccc(OC)c1)C1CCCC1. The van der Waals surface area contributed by atoms with Crippen molar-refractivity contribution in [1.82, 2.24) is 5.32 Å². The van der Waals surface area contributed by atoms with E-state index < -0.39 is 0 Å². The average molecular weight is 276 g/mol. The number of anilines is 1. The molecule has 1 saturated carbocycles. The molecule has 1 aromatic carbocycles. The van der Waals surface area contributed by atoms with Gasteiger partial charge in [0.25, 0.3) is 0 Å². The number of methoxy groups -OCH3 is 1. The van der Waals surface area contributed by atoms with Gasteiger partial charge in [0.2, 0.25) is 0 Å². The lowest BCUT2D eigenvalue weighted by Gasteiger charge is -2.30. The maximum absolute atomic E-state index is 5.31. The van der Waals surface area contributed by atoms with Crippen LogP contribution < -0.4 is 15.0 Å². The van der Waals surface area contributed by atoms with E-state index in [1.807, 2.05) is 6.07 Å². The van der Waals surface area contributed by atoms with E-state index in [0.29, 0.717) is 6.04 Å². The van der Waals surface area contributed by atoms with Gasteiger partial charge >= 0.3 is 0 Å². The molecule has 0 radical (unpaired) electrons. The van der Waals surface area contributed by atoms with E-state index in [4.69, 9.17) is 4.74 Å². The predicted molar refractivity (Wildman–Crippen MR) is 85.7 cm³/mol. The van der Waals surface area contributed by atoms with Crippen molar-refractivity contribution in [3.05, 3.63) is 24.3 Å². The van der Waals surface area contributed by atoms with Crippen LogP contribution in [0.3, 0.4) is 0 Å². The molecule has 0 heterocycles. The zero-order valence-electron chi connectivity index (χ0n) is 13.1. The highest BCUT2D eigenvalue weighted by Crippen LogP contribution is 2.29. The van der Waals surface area contributed by atoms with Crippen molar-refractivity contribution >= 4 is 5.69 Å². The van der Waals surface area contributed by atoms with Crippen molar-refractivity contribution < 1.29 is 4.74 Å². The molecular formula is C17H28N2O. The van der Waals surface area contributed by atoms with E-state index >= 15 is 0 Å². The Morgan fingerprint density at radius 2 is 2.10 bits per heavy atom. The fraction of sp³-hybridized carbons (Fsp3) is 0.647. The summed E-state index contributed by atoms with van der Waals surface area (Å²) in [6.07, 6.45) is 5.55. The molecule has 3 heteroatoms. The minimum absolute atomic E-state index is 0.596. The summed E-state index contributed by atoms with van der Waals surface area (Å²) in [4.78, 5) is 2.34. The first kappa shape index (κ1) is 15.2. The van der Waals surface area contributed by atoms with Crippen LogP contribution in [0.15, 0.2) is 24.3 Å². The maximum Gasteiger partial charge on any atom is 0.120 e. The fourth-order valence-corrected chi connectivity index (χ4v) is 3.25. The minimum atomic E-state index is 0.596. The Hall–Kier alpha value is -1.22. The van der Waals surface area contributed by atoms with E-state index in [2.05, 4.69) is 42.4 Å². The summed E-state index contributed by atoms with van der Waals surface area (Å²) in [7, 11) is 3.90. The van der Waals surface area contributed by atoms with E-state index in [9.17, 15) is 0 Å². The number of hydrogen-bond donors (Lipinski definition) is 1. The quantitative estimate of drug-likeness (QED) is 0.827.